The quantitative estimate of drug-likeness (QED) is 0.565. The molecule has 0 spiro atoms. The second-order valence-electron chi connectivity index (χ2n) is 7.22. The van der Waals surface area contributed by atoms with Crippen LogP contribution in [0, 0.1) is 5.82 Å². The molecule has 31 heavy (non-hydrogen) atoms. The topological polar surface area (TPSA) is 88.9 Å². The van der Waals surface area contributed by atoms with Crippen molar-refractivity contribution in [3.8, 4) is 5.75 Å². The molecule has 160 valence electrons. The van der Waals surface area contributed by atoms with Gasteiger partial charge in [-0.15, -0.1) is 0 Å². The van der Waals surface area contributed by atoms with Crippen molar-refractivity contribution in [1.82, 2.24) is 9.97 Å². The maximum absolute atomic E-state index is 13.3. The summed E-state index contributed by atoms with van der Waals surface area (Å²) >= 11 is 0. The van der Waals surface area contributed by atoms with Crippen molar-refractivity contribution >= 4 is 22.6 Å². The van der Waals surface area contributed by atoms with Gasteiger partial charge in [-0.25, -0.2) is 14.4 Å². The molecule has 1 atom stereocenters. The van der Waals surface area contributed by atoms with Gasteiger partial charge in [-0.3, -0.25) is 4.99 Å². The Balaban J connectivity index is 1.74. The van der Waals surface area contributed by atoms with Crippen molar-refractivity contribution in [1.29, 1.82) is 0 Å². The monoisotopic (exact) mass is 422 g/mol. The molecule has 1 aliphatic heterocycles. The molecular weight excluding hydrogens is 399 g/mol. The summed E-state index contributed by atoms with van der Waals surface area (Å²) in [6.45, 7) is 3.51. The zero-order chi connectivity index (χ0) is 21.8. The number of amidine groups is 1. The van der Waals surface area contributed by atoms with Crippen LogP contribution < -0.4 is 10.1 Å². The molecule has 0 saturated carbocycles. The molecule has 0 aliphatic carbocycles. The number of hydrogen-bond donors (Lipinski definition) is 2. The van der Waals surface area contributed by atoms with E-state index in [1.165, 1.54) is 24.3 Å². The lowest BCUT2D eigenvalue weighted by molar-refractivity contribution is 0.146. The van der Waals surface area contributed by atoms with Crippen LogP contribution in [-0.2, 0) is 4.74 Å². The Kier molecular flexibility index (Phi) is 6.20. The molecular formula is C23H23FN4O3. The van der Waals surface area contributed by atoms with E-state index in [1.807, 2.05) is 25.1 Å². The molecule has 7 nitrogen and oxygen atoms in total. The van der Waals surface area contributed by atoms with E-state index in [1.54, 1.807) is 13.2 Å². The number of halogens is 1. The lowest BCUT2D eigenvalue weighted by atomic mass is 10.1. The molecule has 2 N–H and O–H groups in total. The maximum atomic E-state index is 13.3. The number of benzene rings is 2. The van der Waals surface area contributed by atoms with Crippen LogP contribution in [0.4, 0.5) is 10.2 Å². The first-order valence-electron chi connectivity index (χ1n) is 9.89. The summed E-state index contributed by atoms with van der Waals surface area (Å²) in [5.41, 5.74) is 2.23. The van der Waals surface area contributed by atoms with E-state index >= 15 is 0 Å². The smallest absolute Gasteiger partial charge is 0.164 e. The van der Waals surface area contributed by atoms with Crippen LogP contribution in [0.1, 0.15) is 24.4 Å². The summed E-state index contributed by atoms with van der Waals surface area (Å²) in [6, 6.07) is 11.1. The standard InChI is InChI=1S/C23H23FN4O3/c1-14-11-20(25-13-14)27-22-18-8-7-17(31-10-9-30-2)12-19(18)26-23(28-22)21(29)15-3-5-16(24)6-4-15/h3-8,11-12,21,29H,9-10,13H2,1-2H3,(H,25,26,27,28). The highest BCUT2D eigenvalue weighted by Crippen LogP contribution is 2.29. The van der Waals surface area contributed by atoms with Crippen molar-refractivity contribution in [2.75, 3.05) is 32.2 Å². The summed E-state index contributed by atoms with van der Waals surface area (Å²) in [7, 11) is 1.61. The number of fused-ring (bicyclic) bond motifs is 1. The average molecular weight is 422 g/mol. The Bertz CT molecular complexity index is 1150. The Morgan fingerprint density at radius 3 is 2.65 bits per heavy atom. The third-order valence-electron chi connectivity index (χ3n) is 4.80. The molecule has 0 bridgehead atoms. The second-order valence-corrected chi connectivity index (χ2v) is 7.22. The fourth-order valence-corrected chi connectivity index (χ4v) is 3.20. The van der Waals surface area contributed by atoms with E-state index in [9.17, 15) is 9.50 Å². The number of aliphatic hydroxyl groups is 1. The normalized spacial score (nSPS) is 14.3. The zero-order valence-corrected chi connectivity index (χ0v) is 17.3. The van der Waals surface area contributed by atoms with Crippen LogP contribution >= 0.6 is 0 Å². The molecule has 0 saturated heterocycles. The minimum Gasteiger partial charge on any atom is -0.491 e. The number of aromatic nitrogens is 2. The number of aliphatic imine (C=N–C) groups is 1. The molecule has 1 unspecified atom stereocenters. The predicted molar refractivity (Wildman–Crippen MR) is 117 cm³/mol. The first-order chi connectivity index (χ1) is 15.0. The highest BCUT2D eigenvalue weighted by molar-refractivity contribution is 6.08. The molecule has 2 heterocycles. The van der Waals surface area contributed by atoms with E-state index in [0.717, 1.165) is 11.0 Å². The van der Waals surface area contributed by atoms with Gasteiger partial charge in [-0.05, 0) is 48.4 Å². The summed E-state index contributed by atoms with van der Waals surface area (Å²) in [5.74, 6) is 1.66. The number of nitrogens with zero attached hydrogens (tertiary/aromatic N) is 3. The molecule has 1 aromatic heterocycles. The van der Waals surface area contributed by atoms with Gasteiger partial charge < -0.3 is 19.9 Å². The van der Waals surface area contributed by atoms with Gasteiger partial charge in [0.05, 0.1) is 18.7 Å². The lowest BCUT2D eigenvalue weighted by Gasteiger charge is -2.15. The van der Waals surface area contributed by atoms with Crippen LogP contribution in [-0.4, -0.2) is 47.8 Å². The van der Waals surface area contributed by atoms with Gasteiger partial charge in [0.15, 0.2) is 5.82 Å². The summed E-state index contributed by atoms with van der Waals surface area (Å²) in [6.07, 6.45) is 0.832. The first-order valence-corrected chi connectivity index (χ1v) is 9.89. The maximum Gasteiger partial charge on any atom is 0.164 e. The van der Waals surface area contributed by atoms with Crippen LogP contribution in [0.2, 0.25) is 0 Å². The Labute approximate surface area is 179 Å². The number of nitrogens with one attached hydrogen (secondary N) is 1. The van der Waals surface area contributed by atoms with Gasteiger partial charge in [0.25, 0.3) is 0 Å². The average Bonchev–Trinajstić information content (AvgIpc) is 3.18. The third kappa shape index (κ3) is 4.87. The fourth-order valence-electron chi connectivity index (χ4n) is 3.20. The Hall–Kier alpha value is -3.36. The van der Waals surface area contributed by atoms with Crippen LogP contribution in [0.3, 0.4) is 0 Å². The fraction of sp³-hybridized carbons (Fsp3) is 0.261. The molecule has 3 aromatic rings. The molecule has 0 radical (unpaired) electrons. The summed E-state index contributed by atoms with van der Waals surface area (Å²) in [5, 5.41) is 14.8. The van der Waals surface area contributed by atoms with Crippen LogP contribution in [0.15, 0.2) is 59.1 Å². The van der Waals surface area contributed by atoms with Crippen molar-refractivity contribution in [2.24, 2.45) is 4.99 Å². The highest BCUT2D eigenvalue weighted by atomic mass is 19.1. The third-order valence-corrected chi connectivity index (χ3v) is 4.80. The molecule has 0 fully saturated rings. The molecule has 8 heteroatoms. The van der Waals surface area contributed by atoms with Crippen LogP contribution in [0.5, 0.6) is 5.75 Å². The zero-order valence-electron chi connectivity index (χ0n) is 17.3. The Morgan fingerprint density at radius 1 is 1.13 bits per heavy atom. The predicted octanol–water partition coefficient (Wildman–Crippen LogP) is 3.65. The van der Waals surface area contributed by atoms with E-state index in [-0.39, 0.29) is 11.6 Å². The summed E-state index contributed by atoms with van der Waals surface area (Å²) in [4.78, 5) is 13.5. The van der Waals surface area contributed by atoms with Crippen molar-refractivity contribution < 1.29 is 19.0 Å². The van der Waals surface area contributed by atoms with Gasteiger partial charge in [0, 0.05) is 18.6 Å². The summed E-state index contributed by atoms with van der Waals surface area (Å²) < 4.78 is 24.0. The molecule has 1 aliphatic rings. The first kappa shape index (κ1) is 20.9. The molecule has 2 aromatic carbocycles. The van der Waals surface area contributed by atoms with Gasteiger partial charge in [-0.1, -0.05) is 12.1 Å². The van der Waals surface area contributed by atoms with Crippen molar-refractivity contribution in [3.63, 3.8) is 0 Å². The number of hydrogen-bond acceptors (Lipinski definition) is 7. The van der Waals surface area contributed by atoms with Crippen LogP contribution in [0.25, 0.3) is 10.9 Å². The molecule has 4 rings (SSSR count). The minimum absolute atomic E-state index is 0.190. The van der Waals surface area contributed by atoms with Crippen molar-refractivity contribution in [3.05, 3.63) is 71.3 Å². The van der Waals surface area contributed by atoms with Gasteiger partial charge in [0.2, 0.25) is 0 Å². The van der Waals surface area contributed by atoms with Crippen molar-refractivity contribution in [2.45, 2.75) is 13.0 Å². The molecule has 0 amide bonds. The second kappa shape index (κ2) is 9.20. The largest absolute Gasteiger partial charge is 0.491 e. The number of aliphatic hydroxyl groups excluding tert-OH is 1. The number of methoxy groups -OCH3 is 1. The van der Waals surface area contributed by atoms with E-state index in [4.69, 9.17) is 9.47 Å². The van der Waals surface area contributed by atoms with E-state index < -0.39 is 6.10 Å². The van der Waals surface area contributed by atoms with Gasteiger partial charge >= 0.3 is 0 Å². The minimum atomic E-state index is -1.12. The van der Waals surface area contributed by atoms with Gasteiger partial charge in [0.1, 0.15) is 35.9 Å². The highest BCUT2D eigenvalue weighted by Gasteiger charge is 2.18. The van der Waals surface area contributed by atoms with Gasteiger partial charge in [-0.2, -0.15) is 0 Å². The number of rotatable bonds is 7. The lowest BCUT2D eigenvalue weighted by Crippen LogP contribution is -2.13. The SMILES string of the molecule is COCCOc1ccc2c(NC3=NCC(C)=C3)nc(C(O)c3ccc(F)cc3)nc2c1. The Morgan fingerprint density at radius 2 is 1.94 bits per heavy atom. The number of anilines is 1. The van der Waals surface area contributed by atoms with E-state index in [2.05, 4.69) is 20.3 Å². The van der Waals surface area contributed by atoms with E-state index in [0.29, 0.717) is 48.2 Å². The number of ether oxygens (including phenoxy) is 2.